The number of benzene rings is 1. The van der Waals surface area contributed by atoms with Crippen LogP contribution in [-0.4, -0.2) is 31.7 Å². The topological polar surface area (TPSA) is 75.4 Å². The lowest BCUT2D eigenvalue weighted by Gasteiger charge is -2.15. The number of pyridine rings is 1. The summed E-state index contributed by atoms with van der Waals surface area (Å²) >= 11 is 0. The van der Waals surface area contributed by atoms with Crippen LogP contribution in [0.3, 0.4) is 0 Å². The quantitative estimate of drug-likeness (QED) is 0.758. The van der Waals surface area contributed by atoms with Gasteiger partial charge < -0.3 is 14.4 Å². The highest BCUT2D eigenvalue weighted by Crippen LogP contribution is 2.28. The van der Waals surface area contributed by atoms with Crippen molar-refractivity contribution in [3.63, 3.8) is 0 Å². The van der Waals surface area contributed by atoms with E-state index in [9.17, 15) is 4.79 Å². The molecule has 0 saturated carbocycles. The molecule has 128 valence electrons. The molecular weight excluding hydrogens is 318 g/mol. The first kappa shape index (κ1) is 18.0. The lowest BCUT2D eigenvalue weighted by molar-refractivity contribution is -0.113. The molecule has 0 atom stereocenters. The standard InChI is InChI=1S/C19H19N3O3/c1-14-12-16(8-10-21-14)22(2)19(23)7-5-15-4-6-17(25-11-9-20)18(13-15)24-3/h4-8,10,12-13H,11H2,1-3H3. The highest BCUT2D eigenvalue weighted by Gasteiger charge is 2.09. The molecule has 1 aromatic carbocycles. The van der Waals surface area contributed by atoms with Gasteiger partial charge >= 0.3 is 0 Å². The average molecular weight is 337 g/mol. The Morgan fingerprint density at radius 1 is 1.32 bits per heavy atom. The van der Waals surface area contributed by atoms with Crippen LogP contribution in [0.4, 0.5) is 5.69 Å². The van der Waals surface area contributed by atoms with Crippen LogP contribution in [-0.2, 0) is 4.79 Å². The number of hydrogen-bond donors (Lipinski definition) is 0. The molecule has 1 aromatic heterocycles. The molecular formula is C19H19N3O3. The van der Waals surface area contributed by atoms with E-state index in [-0.39, 0.29) is 12.5 Å². The first-order valence-corrected chi connectivity index (χ1v) is 7.61. The molecule has 0 bridgehead atoms. The number of aromatic nitrogens is 1. The van der Waals surface area contributed by atoms with Crippen LogP contribution in [0, 0.1) is 18.3 Å². The molecule has 0 aliphatic carbocycles. The monoisotopic (exact) mass is 337 g/mol. The Hall–Kier alpha value is -3.33. The van der Waals surface area contributed by atoms with Crippen LogP contribution >= 0.6 is 0 Å². The van der Waals surface area contributed by atoms with Gasteiger partial charge in [-0.2, -0.15) is 5.26 Å². The smallest absolute Gasteiger partial charge is 0.250 e. The molecule has 0 aliphatic rings. The summed E-state index contributed by atoms with van der Waals surface area (Å²) in [6.45, 7) is 1.82. The van der Waals surface area contributed by atoms with E-state index in [0.717, 1.165) is 16.9 Å². The summed E-state index contributed by atoms with van der Waals surface area (Å²) in [5, 5.41) is 8.58. The molecule has 1 heterocycles. The maximum atomic E-state index is 12.3. The third-order valence-corrected chi connectivity index (χ3v) is 3.50. The SMILES string of the molecule is COc1cc(C=CC(=O)N(C)c2ccnc(C)c2)ccc1OCC#N. The number of methoxy groups -OCH3 is 1. The van der Waals surface area contributed by atoms with Crippen molar-refractivity contribution in [3.8, 4) is 17.6 Å². The second kappa shape index (κ2) is 8.50. The van der Waals surface area contributed by atoms with Crippen molar-refractivity contribution in [1.29, 1.82) is 5.26 Å². The molecule has 0 saturated heterocycles. The average Bonchev–Trinajstić information content (AvgIpc) is 2.64. The zero-order valence-corrected chi connectivity index (χ0v) is 14.4. The number of likely N-dealkylation sites (N-methyl/N-ethyl adjacent to an activating group) is 1. The molecule has 0 radical (unpaired) electrons. The Morgan fingerprint density at radius 2 is 2.12 bits per heavy atom. The minimum atomic E-state index is -0.158. The zero-order valence-electron chi connectivity index (χ0n) is 14.4. The van der Waals surface area contributed by atoms with Gasteiger partial charge in [-0.3, -0.25) is 9.78 Å². The van der Waals surface area contributed by atoms with Crippen molar-refractivity contribution in [3.05, 3.63) is 53.9 Å². The summed E-state index contributed by atoms with van der Waals surface area (Å²) in [5.74, 6) is 0.828. The summed E-state index contributed by atoms with van der Waals surface area (Å²) in [4.78, 5) is 18.0. The highest BCUT2D eigenvalue weighted by atomic mass is 16.5. The summed E-state index contributed by atoms with van der Waals surface area (Å²) in [6.07, 6.45) is 4.85. The molecule has 0 spiro atoms. The molecule has 2 aromatic rings. The third-order valence-electron chi connectivity index (χ3n) is 3.50. The largest absolute Gasteiger partial charge is 0.493 e. The van der Waals surface area contributed by atoms with E-state index in [4.69, 9.17) is 14.7 Å². The Kier molecular flexibility index (Phi) is 6.13. The first-order valence-electron chi connectivity index (χ1n) is 7.61. The van der Waals surface area contributed by atoms with E-state index in [2.05, 4.69) is 4.98 Å². The number of carbonyl (C=O) groups is 1. The molecule has 25 heavy (non-hydrogen) atoms. The maximum absolute atomic E-state index is 12.3. The van der Waals surface area contributed by atoms with Gasteiger partial charge in [0, 0.05) is 30.7 Å². The van der Waals surface area contributed by atoms with Crippen molar-refractivity contribution < 1.29 is 14.3 Å². The lowest BCUT2D eigenvalue weighted by Crippen LogP contribution is -2.24. The maximum Gasteiger partial charge on any atom is 0.250 e. The van der Waals surface area contributed by atoms with Gasteiger partial charge in [-0.05, 0) is 42.8 Å². The number of ether oxygens (including phenoxy) is 2. The minimum absolute atomic E-state index is 0.0554. The Morgan fingerprint density at radius 3 is 2.80 bits per heavy atom. The van der Waals surface area contributed by atoms with Crippen LogP contribution < -0.4 is 14.4 Å². The fourth-order valence-corrected chi connectivity index (χ4v) is 2.16. The van der Waals surface area contributed by atoms with Gasteiger partial charge in [0.1, 0.15) is 6.07 Å². The zero-order chi connectivity index (χ0) is 18.2. The number of anilines is 1. The van der Waals surface area contributed by atoms with E-state index >= 15 is 0 Å². The molecule has 0 N–H and O–H groups in total. The second-order valence-corrected chi connectivity index (χ2v) is 5.24. The number of amides is 1. The van der Waals surface area contributed by atoms with E-state index in [1.165, 1.54) is 13.2 Å². The van der Waals surface area contributed by atoms with Crippen molar-refractivity contribution >= 4 is 17.7 Å². The number of hydrogen-bond acceptors (Lipinski definition) is 5. The molecule has 6 heteroatoms. The number of nitriles is 1. The van der Waals surface area contributed by atoms with Gasteiger partial charge in [-0.1, -0.05) is 6.07 Å². The number of rotatable bonds is 6. The Labute approximate surface area is 146 Å². The van der Waals surface area contributed by atoms with Crippen molar-refractivity contribution in [2.75, 3.05) is 25.7 Å². The number of aryl methyl sites for hydroxylation is 1. The van der Waals surface area contributed by atoms with E-state index in [1.807, 2.05) is 19.1 Å². The number of nitrogens with zero attached hydrogens (tertiary/aromatic N) is 3. The Bertz CT molecular complexity index is 825. The lowest BCUT2D eigenvalue weighted by atomic mass is 10.2. The van der Waals surface area contributed by atoms with Crippen molar-refractivity contribution in [1.82, 2.24) is 4.98 Å². The van der Waals surface area contributed by atoms with Gasteiger partial charge in [0.2, 0.25) is 0 Å². The van der Waals surface area contributed by atoms with Crippen LogP contribution in [0.25, 0.3) is 6.08 Å². The molecule has 1 amide bonds. The second-order valence-electron chi connectivity index (χ2n) is 5.24. The van der Waals surface area contributed by atoms with Crippen molar-refractivity contribution in [2.45, 2.75) is 6.92 Å². The fourth-order valence-electron chi connectivity index (χ4n) is 2.16. The first-order chi connectivity index (χ1) is 12.0. The Balaban J connectivity index is 2.12. The summed E-state index contributed by atoms with van der Waals surface area (Å²) in [5.41, 5.74) is 2.41. The van der Waals surface area contributed by atoms with Crippen LogP contribution in [0.1, 0.15) is 11.3 Å². The molecule has 0 unspecified atom stereocenters. The number of carbonyl (C=O) groups excluding carboxylic acids is 1. The van der Waals surface area contributed by atoms with Gasteiger partial charge in [-0.25, -0.2) is 0 Å². The molecule has 0 aliphatic heterocycles. The molecule has 0 fully saturated rings. The van der Waals surface area contributed by atoms with E-state index in [0.29, 0.717) is 11.5 Å². The van der Waals surface area contributed by atoms with Crippen LogP contribution in [0.15, 0.2) is 42.6 Å². The summed E-state index contributed by atoms with van der Waals surface area (Å²) < 4.78 is 10.5. The van der Waals surface area contributed by atoms with Crippen LogP contribution in [0.2, 0.25) is 0 Å². The molecule has 6 nitrogen and oxygen atoms in total. The van der Waals surface area contributed by atoms with Gasteiger partial charge in [0.25, 0.3) is 5.91 Å². The normalized spacial score (nSPS) is 10.3. The van der Waals surface area contributed by atoms with E-state index < -0.39 is 0 Å². The molecule has 2 rings (SSSR count). The van der Waals surface area contributed by atoms with Crippen LogP contribution in [0.5, 0.6) is 11.5 Å². The van der Waals surface area contributed by atoms with Gasteiger partial charge in [0.15, 0.2) is 18.1 Å². The van der Waals surface area contributed by atoms with Gasteiger partial charge in [0.05, 0.1) is 7.11 Å². The predicted octanol–water partition coefficient (Wildman–Crippen LogP) is 2.98. The summed E-state index contributed by atoms with van der Waals surface area (Å²) in [6, 6.07) is 10.8. The summed E-state index contributed by atoms with van der Waals surface area (Å²) in [7, 11) is 3.23. The third kappa shape index (κ3) is 4.82. The fraction of sp³-hybridized carbons (Fsp3) is 0.211. The van der Waals surface area contributed by atoms with Crippen molar-refractivity contribution in [2.24, 2.45) is 0 Å². The predicted molar refractivity (Wildman–Crippen MR) is 95.5 cm³/mol. The van der Waals surface area contributed by atoms with E-state index in [1.54, 1.807) is 48.5 Å². The minimum Gasteiger partial charge on any atom is -0.493 e. The van der Waals surface area contributed by atoms with Gasteiger partial charge in [-0.15, -0.1) is 0 Å². The highest BCUT2D eigenvalue weighted by molar-refractivity contribution is 6.03.